The molecule has 168 valence electrons. The Morgan fingerprint density at radius 1 is 1.16 bits per heavy atom. The number of hydrogen-bond acceptors (Lipinski definition) is 6. The summed E-state index contributed by atoms with van der Waals surface area (Å²) in [6.07, 6.45) is 2.37. The Hall–Kier alpha value is -2.69. The van der Waals surface area contributed by atoms with Gasteiger partial charge in [0.25, 0.3) is 15.7 Å². The zero-order valence-corrected chi connectivity index (χ0v) is 18.3. The number of sulfonamides is 1. The largest absolute Gasteiger partial charge is 0.495 e. The highest BCUT2D eigenvalue weighted by atomic mass is 32.2. The van der Waals surface area contributed by atoms with Gasteiger partial charge in [-0.05, 0) is 37.5 Å². The van der Waals surface area contributed by atoms with Crippen molar-refractivity contribution in [2.75, 3.05) is 37.6 Å². The van der Waals surface area contributed by atoms with Crippen molar-refractivity contribution >= 4 is 21.4 Å². The van der Waals surface area contributed by atoms with Gasteiger partial charge in [-0.3, -0.25) is 14.4 Å². The van der Waals surface area contributed by atoms with Gasteiger partial charge >= 0.3 is 0 Å². The number of nitro groups is 1. The smallest absolute Gasteiger partial charge is 0.271 e. The van der Waals surface area contributed by atoms with Crippen LogP contribution in [-0.2, 0) is 10.0 Å². The lowest BCUT2D eigenvalue weighted by atomic mass is 10.1. The van der Waals surface area contributed by atoms with Crippen LogP contribution >= 0.6 is 0 Å². The molecule has 2 aromatic carbocycles. The molecule has 0 aliphatic carbocycles. The van der Waals surface area contributed by atoms with Crippen molar-refractivity contribution < 1.29 is 28.1 Å². The molecule has 1 fully saturated rings. The van der Waals surface area contributed by atoms with E-state index in [1.54, 1.807) is 18.2 Å². The van der Waals surface area contributed by atoms with Crippen LogP contribution in [0.1, 0.15) is 19.3 Å². The van der Waals surface area contributed by atoms with Crippen LogP contribution in [0.2, 0.25) is 0 Å². The van der Waals surface area contributed by atoms with E-state index in [2.05, 4.69) is 0 Å². The summed E-state index contributed by atoms with van der Waals surface area (Å²) < 4.78 is 33.3. The minimum absolute atomic E-state index is 0.0215. The number of nitrogens with one attached hydrogen (secondary N) is 1. The highest BCUT2D eigenvalue weighted by Gasteiger charge is 2.32. The van der Waals surface area contributed by atoms with Crippen molar-refractivity contribution in [3.8, 4) is 5.75 Å². The molecular formula is C21H28N3O6S+. The highest BCUT2D eigenvalue weighted by molar-refractivity contribution is 7.92. The summed E-state index contributed by atoms with van der Waals surface area (Å²) >= 11 is 0. The van der Waals surface area contributed by atoms with Crippen molar-refractivity contribution in [3.05, 3.63) is 58.6 Å². The third kappa shape index (κ3) is 5.52. The van der Waals surface area contributed by atoms with Gasteiger partial charge in [0.15, 0.2) is 0 Å². The number of quaternary nitrogens is 1. The second-order valence-electron chi connectivity index (χ2n) is 7.63. The maximum atomic E-state index is 13.5. The minimum Gasteiger partial charge on any atom is -0.495 e. The number of piperidine rings is 1. The first-order valence-electron chi connectivity index (χ1n) is 10.2. The predicted octanol–water partition coefficient (Wildman–Crippen LogP) is 1.23. The van der Waals surface area contributed by atoms with E-state index in [9.17, 15) is 23.6 Å². The number of rotatable bonds is 9. The molecule has 0 saturated carbocycles. The Balaban J connectivity index is 2.00. The summed E-state index contributed by atoms with van der Waals surface area (Å²) in [5, 5.41) is 22.1. The Labute approximate surface area is 182 Å². The van der Waals surface area contributed by atoms with Crippen LogP contribution in [0.15, 0.2) is 53.4 Å². The van der Waals surface area contributed by atoms with Gasteiger partial charge in [0.1, 0.15) is 24.1 Å². The van der Waals surface area contributed by atoms with Crippen molar-refractivity contribution in [1.29, 1.82) is 0 Å². The van der Waals surface area contributed by atoms with Gasteiger partial charge in [-0.2, -0.15) is 0 Å². The fourth-order valence-electron chi connectivity index (χ4n) is 3.88. The topological polar surface area (TPSA) is 114 Å². The molecule has 1 heterocycles. The SMILES string of the molecule is COc1ccc([N+](=O)[O-])cc1N(CC(O)C[NH+]1CCCCC1)S(=O)(=O)c1ccccc1. The van der Waals surface area contributed by atoms with Crippen LogP contribution in [-0.4, -0.2) is 57.8 Å². The number of likely N-dealkylation sites (tertiary alicyclic amines) is 1. The van der Waals surface area contributed by atoms with E-state index in [1.165, 1.54) is 48.8 Å². The van der Waals surface area contributed by atoms with Crippen molar-refractivity contribution in [2.24, 2.45) is 0 Å². The number of benzene rings is 2. The minimum atomic E-state index is -4.10. The van der Waals surface area contributed by atoms with E-state index in [4.69, 9.17) is 4.74 Å². The standard InChI is InChI=1S/C21H27N3O6S/c1-30-21-11-10-17(24(26)27)14-20(21)23(31(28,29)19-8-4-2-5-9-19)16-18(25)15-22-12-6-3-7-13-22/h2,4-5,8-11,14,18,25H,3,6-7,12-13,15-16H2,1H3/p+1. The molecular weight excluding hydrogens is 422 g/mol. The first-order chi connectivity index (χ1) is 14.8. The van der Waals surface area contributed by atoms with Gasteiger partial charge in [0.05, 0.1) is 36.6 Å². The van der Waals surface area contributed by atoms with Crippen molar-refractivity contribution in [3.63, 3.8) is 0 Å². The van der Waals surface area contributed by atoms with Crippen LogP contribution < -0.4 is 13.9 Å². The van der Waals surface area contributed by atoms with E-state index < -0.39 is 21.1 Å². The monoisotopic (exact) mass is 450 g/mol. The number of ether oxygens (including phenoxy) is 1. The predicted molar refractivity (Wildman–Crippen MR) is 116 cm³/mol. The number of aliphatic hydroxyl groups excluding tert-OH is 1. The molecule has 0 radical (unpaired) electrons. The third-order valence-corrected chi connectivity index (χ3v) is 7.23. The second-order valence-corrected chi connectivity index (χ2v) is 9.49. The molecule has 2 aromatic rings. The molecule has 2 N–H and O–H groups in total. The molecule has 9 nitrogen and oxygen atoms in total. The second kappa shape index (κ2) is 10.1. The normalized spacial score (nSPS) is 15.9. The van der Waals surface area contributed by atoms with E-state index >= 15 is 0 Å². The highest BCUT2D eigenvalue weighted by Crippen LogP contribution is 2.35. The summed E-state index contributed by atoms with van der Waals surface area (Å²) in [4.78, 5) is 12.0. The lowest BCUT2D eigenvalue weighted by molar-refractivity contribution is -0.907. The fourth-order valence-corrected chi connectivity index (χ4v) is 5.40. The molecule has 1 saturated heterocycles. The van der Waals surface area contributed by atoms with Crippen molar-refractivity contribution in [1.82, 2.24) is 0 Å². The fraction of sp³-hybridized carbons (Fsp3) is 0.429. The number of aliphatic hydroxyl groups is 1. The maximum absolute atomic E-state index is 13.5. The lowest BCUT2D eigenvalue weighted by Gasteiger charge is -2.30. The number of non-ortho nitro benzene ring substituents is 1. The molecule has 0 aromatic heterocycles. The summed E-state index contributed by atoms with van der Waals surface area (Å²) in [6.45, 7) is 2.03. The molecule has 1 atom stereocenters. The van der Waals surface area contributed by atoms with E-state index in [1.807, 2.05) is 0 Å². The van der Waals surface area contributed by atoms with Gasteiger partial charge < -0.3 is 14.7 Å². The van der Waals surface area contributed by atoms with Crippen molar-refractivity contribution in [2.45, 2.75) is 30.3 Å². The van der Waals surface area contributed by atoms with E-state index in [0.29, 0.717) is 6.54 Å². The Bertz CT molecular complexity index is 993. The van der Waals surface area contributed by atoms with Crippen LogP contribution in [0.25, 0.3) is 0 Å². The number of methoxy groups -OCH3 is 1. The van der Waals surface area contributed by atoms with Crippen LogP contribution in [0, 0.1) is 10.1 Å². The van der Waals surface area contributed by atoms with E-state index in [0.717, 1.165) is 30.2 Å². The molecule has 31 heavy (non-hydrogen) atoms. The van der Waals surface area contributed by atoms with Crippen LogP contribution in [0.4, 0.5) is 11.4 Å². The summed E-state index contributed by atoms with van der Waals surface area (Å²) in [5.74, 6) is 0.169. The maximum Gasteiger partial charge on any atom is 0.271 e. The first-order valence-corrected chi connectivity index (χ1v) is 11.7. The molecule has 3 rings (SSSR count). The number of hydrogen-bond donors (Lipinski definition) is 2. The van der Waals surface area contributed by atoms with Gasteiger partial charge in [0.2, 0.25) is 0 Å². The molecule has 1 aliphatic heterocycles. The quantitative estimate of drug-likeness (QED) is 0.439. The summed E-state index contributed by atoms with van der Waals surface area (Å²) in [6, 6.07) is 11.6. The zero-order valence-electron chi connectivity index (χ0n) is 17.4. The molecule has 1 unspecified atom stereocenters. The Morgan fingerprint density at radius 2 is 1.84 bits per heavy atom. The average molecular weight is 451 g/mol. The third-order valence-electron chi connectivity index (χ3n) is 5.43. The van der Waals surface area contributed by atoms with Gasteiger partial charge in [-0.1, -0.05) is 18.2 Å². The number of anilines is 1. The molecule has 0 amide bonds. The number of nitro benzene ring substituents is 1. The zero-order chi connectivity index (χ0) is 22.4. The van der Waals surface area contributed by atoms with Gasteiger partial charge in [0, 0.05) is 12.1 Å². The average Bonchev–Trinajstić information content (AvgIpc) is 2.78. The van der Waals surface area contributed by atoms with Gasteiger partial charge in [-0.15, -0.1) is 0 Å². The lowest BCUT2D eigenvalue weighted by Crippen LogP contribution is -3.14. The summed E-state index contributed by atoms with van der Waals surface area (Å²) in [7, 11) is -2.74. The van der Waals surface area contributed by atoms with Crippen LogP contribution in [0.5, 0.6) is 5.75 Å². The van der Waals surface area contributed by atoms with E-state index in [-0.39, 0.29) is 28.6 Å². The molecule has 10 heteroatoms. The Kier molecular flexibility index (Phi) is 7.47. The molecule has 0 spiro atoms. The van der Waals surface area contributed by atoms with Crippen LogP contribution in [0.3, 0.4) is 0 Å². The first kappa shape index (κ1) is 23.0. The van der Waals surface area contributed by atoms with Gasteiger partial charge in [-0.25, -0.2) is 8.42 Å². The summed E-state index contributed by atoms with van der Waals surface area (Å²) in [5.41, 5.74) is -0.242. The molecule has 0 bridgehead atoms. The number of nitrogens with zero attached hydrogens (tertiary/aromatic N) is 2. The Morgan fingerprint density at radius 3 is 2.45 bits per heavy atom. The molecule has 1 aliphatic rings.